The fourth-order valence-corrected chi connectivity index (χ4v) is 0.427. The van der Waals surface area contributed by atoms with Crippen molar-refractivity contribution in [3.63, 3.8) is 0 Å². The smallest absolute Gasteiger partial charge is 0.224 e. The van der Waals surface area contributed by atoms with Crippen LogP contribution in [0.1, 0.15) is 12.8 Å². The minimum atomic E-state index is -0.582. The molecular formula is C6H9NO2. The Bertz CT molecular complexity index is 140. The van der Waals surface area contributed by atoms with Gasteiger partial charge < -0.3 is 5.73 Å². The first-order chi connectivity index (χ1) is 4.16. The van der Waals surface area contributed by atoms with Gasteiger partial charge in [-0.05, 0) is 0 Å². The van der Waals surface area contributed by atoms with Gasteiger partial charge in [0.25, 0.3) is 0 Å². The van der Waals surface area contributed by atoms with Crippen LogP contribution in [0.3, 0.4) is 0 Å². The van der Waals surface area contributed by atoms with E-state index < -0.39 is 5.91 Å². The molecule has 0 aliphatic heterocycles. The third-order valence-corrected chi connectivity index (χ3v) is 0.743. The molecule has 0 spiro atoms. The Hall–Kier alpha value is -1.12. The minimum absolute atomic E-state index is 0.175. The van der Waals surface area contributed by atoms with E-state index in [1.165, 1.54) is 6.08 Å². The van der Waals surface area contributed by atoms with Crippen LogP contribution in [0.15, 0.2) is 12.7 Å². The molecule has 0 atom stereocenters. The van der Waals surface area contributed by atoms with E-state index in [1.54, 1.807) is 0 Å². The Morgan fingerprint density at radius 1 is 1.56 bits per heavy atom. The topological polar surface area (TPSA) is 60.2 Å². The first-order valence-electron chi connectivity index (χ1n) is 2.57. The standard InChI is InChI=1S/C6H9NO2/c1-2-3-5(8)4-6(7)9/h2H,1,3-4H2,(H2,7,9). The largest absolute Gasteiger partial charge is 0.369 e. The zero-order valence-corrected chi connectivity index (χ0v) is 5.09. The van der Waals surface area contributed by atoms with Gasteiger partial charge in [0.05, 0.1) is 6.42 Å². The maximum absolute atomic E-state index is 10.5. The second-order valence-electron chi connectivity index (χ2n) is 1.67. The first kappa shape index (κ1) is 7.88. The summed E-state index contributed by atoms with van der Waals surface area (Å²) in [7, 11) is 0. The van der Waals surface area contributed by atoms with E-state index in [2.05, 4.69) is 6.58 Å². The van der Waals surface area contributed by atoms with Gasteiger partial charge in [0, 0.05) is 6.42 Å². The predicted octanol–water partition coefficient (Wildman–Crippen LogP) is 0.00700. The van der Waals surface area contributed by atoms with Crippen LogP contribution in [-0.2, 0) is 9.59 Å². The lowest BCUT2D eigenvalue weighted by Crippen LogP contribution is -2.15. The lowest BCUT2D eigenvalue weighted by atomic mass is 10.2. The molecule has 0 heterocycles. The third-order valence-electron chi connectivity index (χ3n) is 0.743. The van der Waals surface area contributed by atoms with Crippen molar-refractivity contribution in [2.75, 3.05) is 0 Å². The van der Waals surface area contributed by atoms with E-state index in [9.17, 15) is 9.59 Å². The highest BCUT2D eigenvalue weighted by atomic mass is 16.2. The van der Waals surface area contributed by atoms with Crippen LogP contribution in [-0.4, -0.2) is 11.7 Å². The summed E-state index contributed by atoms with van der Waals surface area (Å²) < 4.78 is 0. The van der Waals surface area contributed by atoms with Crippen molar-refractivity contribution in [1.82, 2.24) is 0 Å². The molecule has 0 bridgehead atoms. The SMILES string of the molecule is C=CCC(=O)CC(N)=O. The van der Waals surface area contributed by atoms with Crippen LogP contribution in [0.5, 0.6) is 0 Å². The summed E-state index contributed by atoms with van der Waals surface area (Å²) in [5.74, 6) is -0.764. The van der Waals surface area contributed by atoms with Crippen molar-refractivity contribution in [2.45, 2.75) is 12.8 Å². The monoisotopic (exact) mass is 127 g/mol. The summed E-state index contributed by atoms with van der Waals surface area (Å²) in [5, 5.41) is 0. The molecule has 1 amide bonds. The number of rotatable bonds is 4. The van der Waals surface area contributed by atoms with E-state index in [0.29, 0.717) is 0 Å². The summed E-state index contributed by atoms with van der Waals surface area (Å²) in [4.78, 5) is 20.5. The molecule has 0 aromatic heterocycles. The summed E-state index contributed by atoms with van der Waals surface area (Å²) >= 11 is 0. The molecule has 0 saturated carbocycles. The molecule has 3 nitrogen and oxygen atoms in total. The van der Waals surface area contributed by atoms with Crippen molar-refractivity contribution < 1.29 is 9.59 Å². The maximum Gasteiger partial charge on any atom is 0.224 e. The van der Waals surface area contributed by atoms with Gasteiger partial charge in [0.15, 0.2) is 0 Å². The number of amides is 1. The molecule has 0 fully saturated rings. The Labute approximate surface area is 53.5 Å². The highest BCUT2D eigenvalue weighted by molar-refractivity contribution is 5.97. The lowest BCUT2D eigenvalue weighted by molar-refractivity contribution is -0.125. The van der Waals surface area contributed by atoms with E-state index in [1.807, 2.05) is 0 Å². The number of hydrogen-bond donors (Lipinski definition) is 1. The van der Waals surface area contributed by atoms with Gasteiger partial charge in [-0.1, -0.05) is 6.08 Å². The first-order valence-corrected chi connectivity index (χ1v) is 2.57. The molecule has 0 aliphatic carbocycles. The van der Waals surface area contributed by atoms with Crippen LogP contribution < -0.4 is 5.73 Å². The normalized spacial score (nSPS) is 8.44. The van der Waals surface area contributed by atoms with Crippen molar-refractivity contribution in [2.24, 2.45) is 5.73 Å². The number of Topliss-reactive ketones (excluding diaryl/α,β-unsaturated/α-hetero) is 1. The Morgan fingerprint density at radius 2 is 2.11 bits per heavy atom. The summed E-state index contributed by atoms with van der Waals surface area (Å²) in [6.45, 7) is 3.33. The Morgan fingerprint density at radius 3 is 2.44 bits per heavy atom. The molecule has 0 saturated heterocycles. The van der Waals surface area contributed by atoms with Crippen LogP contribution >= 0.6 is 0 Å². The second-order valence-corrected chi connectivity index (χ2v) is 1.67. The zero-order chi connectivity index (χ0) is 7.28. The van der Waals surface area contributed by atoms with Crippen LogP contribution in [0, 0.1) is 0 Å². The quantitative estimate of drug-likeness (QED) is 0.427. The number of hydrogen-bond acceptors (Lipinski definition) is 2. The van der Waals surface area contributed by atoms with E-state index in [-0.39, 0.29) is 18.6 Å². The molecule has 3 heteroatoms. The molecule has 0 aliphatic rings. The molecule has 0 aromatic rings. The van der Waals surface area contributed by atoms with E-state index >= 15 is 0 Å². The van der Waals surface area contributed by atoms with Crippen molar-refractivity contribution >= 4 is 11.7 Å². The number of allylic oxidation sites excluding steroid dienone is 1. The van der Waals surface area contributed by atoms with Crippen molar-refractivity contribution in [1.29, 1.82) is 0 Å². The molecular weight excluding hydrogens is 118 g/mol. The van der Waals surface area contributed by atoms with Crippen LogP contribution in [0.2, 0.25) is 0 Å². The molecule has 50 valence electrons. The van der Waals surface area contributed by atoms with Crippen LogP contribution in [0.25, 0.3) is 0 Å². The second kappa shape index (κ2) is 3.83. The van der Waals surface area contributed by atoms with Crippen molar-refractivity contribution in [3.8, 4) is 0 Å². The Balaban J connectivity index is 3.50. The molecule has 2 N–H and O–H groups in total. The summed E-state index contributed by atoms with van der Waals surface area (Å²) in [5.41, 5.74) is 4.73. The van der Waals surface area contributed by atoms with Gasteiger partial charge in [0.1, 0.15) is 5.78 Å². The molecule has 9 heavy (non-hydrogen) atoms. The number of carbonyl (C=O) groups excluding carboxylic acids is 2. The molecule has 0 radical (unpaired) electrons. The highest BCUT2D eigenvalue weighted by Crippen LogP contribution is 1.87. The average molecular weight is 127 g/mol. The predicted molar refractivity (Wildman–Crippen MR) is 33.6 cm³/mol. The maximum atomic E-state index is 10.5. The van der Waals surface area contributed by atoms with Gasteiger partial charge in [-0.25, -0.2) is 0 Å². The molecule has 0 unspecified atom stereocenters. The third kappa shape index (κ3) is 4.74. The van der Waals surface area contributed by atoms with Gasteiger partial charge in [-0.15, -0.1) is 6.58 Å². The Kier molecular flexibility index (Phi) is 3.35. The zero-order valence-electron chi connectivity index (χ0n) is 5.09. The van der Waals surface area contributed by atoms with Crippen LogP contribution in [0.4, 0.5) is 0 Å². The fourth-order valence-electron chi connectivity index (χ4n) is 0.427. The van der Waals surface area contributed by atoms with Gasteiger partial charge >= 0.3 is 0 Å². The van der Waals surface area contributed by atoms with Crippen molar-refractivity contribution in [3.05, 3.63) is 12.7 Å². The number of nitrogens with two attached hydrogens (primary N) is 1. The molecule has 0 aromatic carbocycles. The number of primary amides is 1. The fraction of sp³-hybridized carbons (Fsp3) is 0.333. The average Bonchev–Trinajstić information content (AvgIpc) is 1.63. The van der Waals surface area contributed by atoms with Gasteiger partial charge in [-0.3, -0.25) is 9.59 Å². The lowest BCUT2D eigenvalue weighted by Gasteiger charge is -1.88. The number of ketones is 1. The summed E-state index contributed by atoms with van der Waals surface area (Å²) in [6.07, 6.45) is 1.50. The van der Waals surface area contributed by atoms with Gasteiger partial charge in [-0.2, -0.15) is 0 Å². The van der Waals surface area contributed by atoms with E-state index in [4.69, 9.17) is 5.73 Å². The summed E-state index contributed by atoms with van der Waals surface area (Å²) in [6, 6.07) is 0. The minimum Gasteiger partial charge on any atom is -0.369 e. The molecule has 0 rings (SSSR count). The highest BCUT2D eigenvalue weighted by Gasteiger charge is 2.01. The van der Waals surface area contributed by atoms with Gasteiger partial charge in [0.2, 0.25) is 5.91 Å². The van der Waals surface area contributed by atoms with E-state index in [0.717, 1.165) is 0 Å². The number of carbonyl (C=O) groups is 2.